The van der Waals surface area contributed by atoms with E-state index in [9.17, 15) is 19.3 Å². The number of fused-ring (bicyclic) bond motifs is 1. The number of non-ortho nitro benzene ring substituents is 1. The summed E-state index contributed by atoms with van der Waals surface area (Å²) in [6.07, 6.45) is 1.54. The highest BCUT2D eigenvalue weighted by Gasteiger charge is 2.29. The maximum Gasteiger partial charge on any atom is 0.340 e. The van der Waals surface area contributed by atoms with Crippen LogP contribution in [0.25, 0.3) is 10.2 Å². The molecule has 1 aliphatic heterocycles. The average Bonchev–Trinajstić information content (AvgIpc) is 3.13. The summed E-state index contributed by atoms with van der Waals surface area (Å²) in [6, 6.07) is 3.97. The highest BCUT2D eigenvalue weighted by molar-refractivity contribution is 7.18. The van der Waals surface area contributed by atoms with E-state index in [-0.39, 0.29) is 17.9 Å². The fourth-order valence-corrected chi connectivity index (χ4v) is 4.58. The number of piperazine rings is 1. The number of nitro groups is 1. The lowest BCUT2D eigenvalue weighted by Gasteiger charge is -2.37. The van der Waals surface area contributed by atoms with Gasteiger partial charge in [0, 0.05) is 37.1 Å². The van der Waals surface area contributed by atoms with Crippen LogP contribution < -0.4 is 9.80 Å². The third-order valence-electron chi connectivity index (χ3n) is 5.08. The van der Waals surface area contributed by atoms with E-state index in [1.165, 1.54) is 6.33 Å². The normalized spacial score (nSPS) is 14.2. The second-order valence-corrected chi connectivity index (χ2v) is 8.28. The third-order valence-corrected chi connectivity index (χ3v) is 6.04. The molecule has 31 heavy (non-hydrogen) atoms. The lowest BCUT2D eigenvalue weighted by Crippen LogP contribution is -2.47. The summed E-state index contributed by atoms with van der Waals surface area (Å²) < 4.78 is 19.9. The molecule has 4 rings (SSSR count). The number of carbonyl (C=O) groups is 1. The van der Waals surface area contributed by atoms with Crippen molar-refractivity contribution in [2.75, 3.05) is 42.6 Å². The van der Waals surface area contributed by atoms with Crippen LogP contribution in [0.1, 0.15) is 22.2 Å². The second-order valence-electron chi connectivity index (χ2n) is 7.05. The summed E-state index contributed by atoms with van der Waals surface area (Å²) in [4.78, 5) is 37.4. The lowest BCUT2D eigenvalue weighted by atomic mass is 10.1. The van der Waals surface area contributed by atoms with E-state index in [0.29, 0.717) is 26.2 Å². The van der Waals surface area contributed by atoms with Gasteiger partial charge in [0.05, 0.1) is 34.2 Å². The SMILES string of the molecule is CCOC(=O)c1cc([N+](=O)[O-])cc(F)c1N1CCN(c2ncnc3sc(C)cc23)CC1. The average molecular weight is 445 g/mol. The Morgan fingerprint density at radius 2 is 1.94 bits per heavy atom. The fraction of sp³-hybridized carbons (Fsp3) is 0.350. The number of halogens is 1. The number of anilines is 2. The highest BCUT2D eigenvalue weighted by Crippen LogP contribution is 2.33. The van der Waals surface area contributed by atoms with Crippen LogP contribution in [0.15, 0.2) is 24.5 Å². The molecule has 3 heterocycles. The maximum atomic E-state index is 14.9. The van der Waals surface area contributed by atoms with Crippen molar-refractivity contribution in [1.29, 1.82) is 0 Å². The molecule has 0 aliphatic carbocycles. The zero-order chi connectivity index (χ0) is 22.1. The molecule has 2 aromatic heterocycles. The number of ether oxygens (including phenoxy) is 1. The summed E-state index contributed by atoms with van der Waals surface area (Å²) in [7, 11) is 0. The van der Waals surface area contributed by atoms with Crippen LogP contribution in [0.3, 0.4) is 0 Å². The van der Waals surface area contributed by atoms with Gasteiger partial charge in [-0.15, -0.1) is 11.3 Å². The van der Waals surface area contributed by atoms with Crippen molar-refractivity contribution in [2.24, 2.45) is 0 Å². The van der Waals surface area contributed by atoms with Gasteiger partial charge >= 0.3 is 5.97 Å². The molecule has 162 valence electrons. The van der Waals surface area contributed by atoms with Crippen molar-refractivity contribution in [3.05, 3.63) is 50.9 Å². The Kier molecular flexibility index (Phi) is 5.68. The quantitative estimate of drug-likeness (QED) is 0.334. The maximum absolute atomic E-state index is 14.9. The lowest BCUT2D eigenvalue weighted by molar-refractivity contribution is -0.385. The van der Waals surface area contributed by atoms with Crippen LogP contribution in [-0.2, 0) is 4.74 Å². The van der Waals surface area contributed by atoms with Crippen molar-refractivity contribution < 1.29 is 18.8 Å². The number of esters is 1. The van der Waals surface area contributed by atoms with Crippen LogP contribution in [0.5, 0.6) is 0 Å². The van der Waals surface area contributed by atoms with Gasteiger partial charge in [0.1, 0.15) is 17.0 Å². The van der Waals surface area contributed by atoms with Crippen LogP contribution in [-0.4, -0.2) is 53.6 Å². The van der Waals surface area contributed by atoms with Gasteiger partial charge in [0.2, 0.25) is 0 Å². The number of benzene rings is 1. The van der Waals surface area contributed by atoms with Crippen LogP contribution >= 0.6 is 11.3 Å². The van der Waals surface area contributed by atoms with E-state index in [1.807, 2.05) is 6.92 Å². The number of carbonyl (C=O) groups excluding carboxylic acids is 1. The van der Waals surface area contributed by atoms with Crippen LogP contribution in [0.4, 0.5) is 21.6 Å². The molecule has 3 aromatic rings. The smallest absolute Gasteiger partial charge is 0.340 e. The Hall–Kier alpha value is -3.34. The minimum absolute atomic E-state index is 0.0305. The molecule has 0 spiro atoms. The molecule has 0 atom stereocenters. The van der Waals surface area contributed by atoms with Gasteiger partial charge < -0.3 is 14.5 Å². The van der Waals surface area contributed by atoms with Gasteiger partial charge in [-0.2, -0.15) is 0 Å². The van der Waals surface area contributed by atoms with Crippen molar-refractivity contribution in [3.8, 4) is 0 Å². The molecule has 1 fully saturated rings. The molecule has 0 amide bonds. The molecule has 1 aromatic carbocycles. The Morgan fingerprint density at radius 3 is 2.61 bits per heavy atom. The first kappa shape index (κ1) is 20.9. The highest BCUT2D eigenvalue weighted by atomic mass is 32.1. The number of hydrogen-bond acceptors (Lipinski definition) is 9. The topological polar surface area (TPSA) is 102 Å². The monoisotopic (exact) mass is 445 g/mol. The summed E-state index contributed by atoms with van der Waals surface area (Å²) in [5.41, 5.74) is -0.595. The number of rotatable bonds is 5. The Morgan fingerprint density at radius 1 is 1.23 bits per heavy atom. The molecular formula is C20H20FN5O4S. The third kappa shape index (κ3) is 4.00. The van der Waals surface area contributed by atoms with Crippen LogP contribution in [0.2, 0.25) is 0 Å². The summed E-state index contributed by atoms with van der Waals surface area (Å²) in [5.74, 6) is -0.777. The predicted molar refractivity (Wildman–Crippen MR) is 116 cm³/mol. The summed E-state index contributed by atoms with van der Waals surface area (Å²) >= 11 is 1.60. The second kappa shape index (κ2) is 8.42. The first-order valence-corrected chi connectivity index (χ1v) is 10.6. The molecule has 9 nitrogen and oxygen atoms in total. The number of aromatic nitrogens is 2. The summed E-state index contributed by atoms with van der Waals surface area (Å²) in [6.45, 7) is 5.63. The number of thiophene rings is 1. The van der Waals surface area contributed by atoms with Crippen molar-refractivity contribution in [1.82, 2.24) is 9.97 Å². The molecule has 0 radical (unpaired) electrons. The van der Waals surface area contributed by atoms with E-state index >= 15 is 0 Å². The first-order valence-electron chi connectivity index (χ1n) is 9.75. The first-order chi connectivity index (χ1) is 14.9. The molecule has 11 heteroatoms. The van der Waals surface area contributed by atoms with Gasteiger partial charge in [0.15, 0.2) is 5.82 Å². The molecule has 1 saturated heterocycles. The Balaban J connectivity index is 1.62. The molecule has 0 saturated carbocycles. The van der Waals surface area contributed by atoms with Crippen molar-refractivity contribution in [3.63, 3.8) is 0 Å². The van der Waals surface area contributed by atoms with Crippen molar-refractivity contribution >= 4 is 44.7 Å². The van der Waals surface area contributed by atoms with Crippen molar-refractivity contribution in [2.45, 2.75) is 13.8 Å². The number of nitro benzene ring substituents is 1. The molecule has 0 unspecified atom stereocenters. The minimum atomic E-state index is -0.816. The van der Waals surface area contributed by atoms with Gasteiger partial charge in [-0.05, 0) is 19.9 Å². The molecule has 0 bridgehead atoms. The zero-order valence-electron chi connectivity index (χ0n) is 17.0. The Bertz CT molecular complexity index is 1160. The minimum Gasteiger partial charge on any atom is -0.462 e. The van der Waals surface area contributed by atoms with Gasteiger partial charge in [-0.3, -0.25) is 10.1 Å². The van der Waals surface area contributed by atoms with E-state index < -0.39 is 22.4 Å². The fourth-order valence-electron chi connectivity index (χ4n) is 3.73. The zero-order valence-corrected chi connectivity index (χ0v) is 17.8. The number of hydrogen-bond donors (Lipinski definition) is 0. The standard InChI is InChI=1S/C20H20FN5O4S/c1-3-30-20(27)14-9-13(26(28)29)10-16(21)17(14)24-4-6-25(7-5-24)18-15-8-12(2)31-19(15)23-11-22-18/h8-11H,3-7H2,1-2H3. The molecular weight excluding hydrogens is 425 g/mol. The number of aryl methyl sites for hydroxylation is 1. The summed E-state index contributed by atoms with van der Waals surface area (Å²) in [5, 5.41) is 12.1. The van der Waals surface area contributed by atoms with Gasteiger partial charge in [-0.25, -0.2) is 19.2 Å². The van der Waals surface area contributed by atoms with E-state index in [0.717, 1.165) is 33.0 Å². The number of nitrogens with zero attached hydrogens (tertiary/aromatic N) is 5. The van der Waals surface area contributed by atoms with E-state index in [2.05, 4.69) is 20.9 Å². The van der Waals surface area contributed by atoms with Gasteiger partial charge in [0.25, 0.3) is 5.69 Å². The Labute approximate surface area is 181 Å². The van der Waals surface area contributed by atoms with E-state index in [1.54, 1.807) is 23.2 Å². The van der Waals surface area contributed by atoms with E-state index in [4.69, 9.17) is 4.74 Å². The molecule has 1 aliphatic rings. The predicted octanol–water partition coefficient (Wildman–Crippen LogP) is 3.55. The largest absolute Gasteiger partial charge is 0.462 e. The van der Waals surface area contributed by atoms with Gasteiger partial charge in [-0.1, -0.05) is 0 Å². The molecule has 0 N–H and O–H groups in total. The van der Waals surface area contributed by atoms with Crippen LogP contribution in [0, 0.1) is 22.9 Å².